The Labute approximate surface area is 261 Å². The van der Waals surface area contributed by atoms with Crippen LogP contribution in [-0.2, 0) is 38.7 Å². The van der Waals surface area contributed by atoms with E-state index >= 15 is 0 Å². The summed E-state index contributed by atoms with van der Waals surface area (Å²) in [7, 11) is 0. The van der Waals surface area contributed by atoms with Gasteiger partial charge in [-0.25, -0.2) is 9.59 Å². The van der Waals surface area contributed by atoms with Gasteiger partial charge >= 0.3 is 11.9 Å². The lowest BCUT2D eigenvalue weighted by molar-refractivity contribution is -0.173. The van der Waals surface area contributed by atoms with Gasteiger partial charge in [0, 0.05) is 17.6 Å². The average molecular weight is 616 g/mol. The van der Waals surface area contributed by atoms with Gasteiger partial charge < -0.3 is 29.4 Å². The van der Waals surface area contributed by atoms with E-state index in [1.807, 2.05) is 79.7 Å². The molecule has 0 saturated carbocycles. The van der Waals surface area contributed by atoms with Crippen molar-refractivity contribution in [1.82, 2.24) is 5.32 Å². The molecule has 0 saturated heterocycles. The van der Waals surface area contributed by atoms with Crippen LogP contribution in [0.15, 0.2) is 103 Å². The fraction of sp³-hybridized carbons (Fsp3) is 0.257. The predicted molar refractivity (Wildman–Crippen MR) is 165 cm³/mol. The Kier molecular flexibility index (Phi) is 10.5. The molecule has 1 aliphatic rings. The molecule has 2 N–H and O–H groups in total. The van der Waals surface area contributed by atoms with Gasteiger partial charge in [0.15, 0.2) is 11.5 Å². The van der Waals surface area contributed by atoms with Gasteiger partial charge in [-0.1, -0.05) is 90.5 Å². The molecule has 44 heavy (non-hydrogen) atoms. The minimum Gasteiger partial charge on any atom is -0.470 e. The number of aliphatic hydroxyl groups excluding tert-OH is 1. The molecule has 0 spiro atoms. The highest BCUT2D eigenvalue weighted by Gasteiger charge is 2.44. The van der Waals surface area contributed by atoms with Gasteiger partial charge in [-0.2, -0.15) is 0 Å². The molecule has 228 valence electrons. The van der Waals surface area contributed by atoms with Gasteiger partial charge in [0.1, 0.15) is 13.2 Å². The van der Waals surface area contributed by atoms with E-state index in [4.69, 9.17) is 30.5 Å². The van der Waals surface area contributed by atoms with E-state index in [1.165, 1.54) is 0 Å². The Hall–Kier alpha value is -4.37. The first-order valence-corrected chi connectivity index (χ1v) is 14.8. The van der Waals surface area contributed by atoms with Gasteiger partial charge in [0.05, 0.1) is 6.10 Å². The standard InChI is InChI=1S/C35H34ClNO7/c1-23(37-20-29(38)27-13-8-14-28(36)19-27)17-26-15-16-30-31(18-26)44-33(35(40)42-22-25-11-6-3-7-12-25)32(43-30)34(39)41-21-24-9-4-2-5-10-24/h2-16,18-19,23,29,32-33,37-38H,17,20-22H2,1H3/t23-,29+,32+,33-/m1/s1. The lowest BCUT2D eigenvalue weighted by Crippen LogP contribution is -2.51. The van der Waals surface area contributed by atoms with E-state index in [-0.39, 0.29) is 19.3 Å². The van der Waals surface area contributed by atoms with Crippen LogP contribution in [-0.4, -0.2) is 41.8 Å². The number of benzene rings is 4. The third-order valence-corrected chi connectivity index (χ3v) is 7.37. The average Bonchev–Trinajstić information content (AvgIpc) is 3.05. The molecule has 9 heteroatoms. The Morgan fingerprint density at radius 2 is 1.36 bits per heavy atom. The summed E-state index contributed by atoms with van der Waals surface area (Å²) in [5.74, 6) is -0.833. The van der Waals surface area contributed by atoms with E-state index in [1.54, 1.807) is 30.3 Å². The maximum atomic E-state index is 13.2. The molecule has 4 aromatic carbocycles. The molecule has 1 heterocycles. The number of esters is 2. The van der Waals surface area contributed by atoms with Crippen LogP contribution in [0.2, 0.25) is 5.02 Å². The molecule has 4 atom stereocenters. The second kappa shape index (κ2) is 14.9. The third kappa shape index (κ3) is 8.38. The summed E-state index contributed by atoms with van der Waals surface area (Å²) in [6.45, 7) is 2.38. The molecular weight excluding hydrogens is 582 g/mol. The Balaban J connectivity index is 1.25. The zero-order chi connectivity index (χ0) is 30.9. The van der Waals surface area contributed by atoms with Crippen LogP contribution in [0.3, 0.4) is 0 Å². The van der Waals surface area contributed by atoms with E-state index in [9.17, 15) is 14.7 Å². The molecule has 0 amide bonds. The topological polar surface area (TPSA) is 103 Å². The normalized spacial score (nSPS) is 16.9. The van der Waals surface area contributed by atoms with Crippen LogP contribution >= 0.6 is 11.6 Å². The predicted octanol–water partition coefficient (Wildman–Crippen LogP) is 5.59. The summed E-state index contributed by atoms with van der Waals surface area (Å²) >= 11 is 6.05. The molecular formula is C35H34ClNO7. The Morgan fingerprint density at radius 1 is 0.773 bits per heavy atom. The first-order chi connectivity index (χ1) is 21.4. The van der Waals surface area contributed by atoms with E-state index in [0.717, 1.165) is 22.3 Å². The summed E-state index contributed by atoms with van der Waals surface area (Å²) in [5.41, 5.74) is 3.24. The van der Waals surface area contributed by atoms with E-state index in [0.29, 0.717) is 29.5 Å². The minimum atomic E-state index is -1.37. The second-order valence-electron chi connectivity index (χ2n) is 10.6. The molecule has 0 fully saturated rings. The first kappa shape index (κ1) is 31.1. The lowest BCUT2D eigenvalue weighted by atomic mass is 10.0. The van der Waals surface area contributed by atoms with Crippen molar-refractivity contribution in [2.45, 2.75) is 50.9 Å². The van der Waals surface area contributed by atoms with Gasteiger partial charge in [-0.15, -0.1) is 0 Å². The van der Waals surface area contributed by atoms with Crippen molar-refractivity contribution in [3.63, 3.8) is 0 Å². The summed E-state index contributed by atoms with van der Waals surface area (Å²) in [6.07, 6.45) is -2.83. The number of nitrogens with one attached hydrogen (secondary N) is 1. The number of fused-ring (bicyclic) bond motifs is 1. The van der Waals surface area contributed by atoms with Crippen molar-refractivity contribution >= 4 is 23.5 Å². The molecule has 1 aliphatic heterocycles. The molecule has 0 aromatic heterocycles. The Bertz CT molecular complexity index is 1550. The number of hydrogen-bond acceptors (Lipinski definition) is 8. The highest BCUT2D eigenvalue weighted by molar-refractivity contribution is 6.30. The maximum Gasteiger partial charge on any atom is 0.352 e. The van der Waals surface area contributed by atoms with Crippen LogP contribution in [0.1, 0.15) is 35.3 Å². The molecule has 4 aromatic rings. The zero-order valence-electron chi connectivity index (χ0n) is 24.2. The largest absolute Gasteiger partial charge is 0.470 e. The van der Waals surface area contributed by atoms with Crippen LogP contribution < -0.4 is 14.8 Å². The highest BCUT2D eigenvalue weighted by atomic mass is 35.5. The molecule has 0 radical (unpaired) electrons. The zero-order valence-corrected chi connectivity index (χ0v) is 25.0. The highest BCUT2D eigenvalue weighted by Crippen LogP contribution is 2.36. The quantitative estimate of drug-likeness (QED) is 0.199. The fourth-order valence-electron chi connectivity index (χ4n) is 4.80. The third-order valence-electron chi connectivity index (χ3n) is 7.14. The van der Waals surface area contributed by atoms with Crippen molar-refractivity contribution in [1.29, 1.82) is 0 Å². The number of aliphatic hydroxyl groups is 1. The SMILES string of the molecule is C[C@H](Cc1ccc2c(c1)O[C@@H](C(=O)OCc1ccccc1)[C@@H](C(=O)OCc1ccccc1)O2)NC[C@H](O)c1cccc(Cl)c1. The molecule has 0 bridgehead atoms. The van der Waals surface area contributed by atoms with Crippen LogP contribution in [0.5, 0.6) is 11.5 Å². The van der Waals surface area contributed by atoms with Crippen LogP contribution in [0.25, 0.3) is 0 Å². The maximum absolute atomic E-state index is 13.2. The summed E-state index contributed by atoms with van der Waals surface area (Å²) < 4.78 is 23.1. The number of rotatable bonds is 12. The van der Waals surface area contributed by atoms with Gasteiger partial charge in [0.25, 0.3) is 0 Å². The van der Waals surface area contributed by atoms with E-state index in [2.05, 4.69) is 5.32 Å². The monoisotopic (exact) mass is 615 g/mol. The Morgan fingerprint density at radius 3 is 1.95 bits per heavy atom. The molecule has 5 rings (SSSR count). The van der Waals surface area contributed by atoms with Gasteiger partial charge in [0.2, 0.25) is 12.2 Å². The summed E-state index contributed by atoms with van der Waals surface area (Å²) in [6, 6.07) is 31.0. The van der Waals surface area contributed by atoms with Crippen molar-refractivity contribution in [2.24, 2.45) is 0 Å². The van der Waals surface area contributed by atoms with Gasteiger partial charge in [-0.05, 0) is 59.9 Å². The number of halogens is 1. The fourth-order valence-corrected chi connectivity index (χ4v) is 5.00. The van der Waals surface area contributed by atoms with E-state index < -0.39 is 30.3 Å². The van der Waals surface area contributed by atoms with Crippen molar-refractivity contribution in [3.05, 3.63) is 130 Å². The van der Waals surface area contributed by atoms with Crippen LogP contribution in [0.4, 0.5) is 0 Å². The number of ether oxygens (including phenoxy) is 4. The number of carbonyl (C=O) groups excluding carboxylic acids is 2. The number of hydrogen-bond donors (Lipinski definition) is 2. The van der Waals surface area contributed by atoms with Crippen LogP contribution in [0, 0.1) is 0 Å². The lowest BCUT2D eigenvalue weighted by Gasteiger charge is -2.31. The summed E-state index contributed by atoms with van der Waals surface area (Å²) in [5, 5.41) is 14.5. The number of carbonyl (C=O) groups is 2. The minimum absolute atomic E-state index is 0.00117. The second-order valence-corrected chi connectivity index (χ2v) is 11.1. The summed E-state index contributed by atoms with van der Waals surface area (Å²) in [4.78, 5) is 26.4. The molecule has 8 nitrogen and oxygen atoms in total. The molecule has 0 aliphatic carbocycles. The van der Waals surface area contributed by atoms with Crippen molar-refractivity contribution < 1.29 is 33.6 Å². The smallest absolute Gasteiger partial charge is 0.352 e. The van der Waals surface area contributed by atoms with Crippen molar-refractivity contribution in [3.8, 4) is 11.5 Å². The first-order valence-electron chi connectivity index (χ1n) is 14.4. The van der Waals surface area contributed by atoms with Gasteiger partial charge in [-0.3, -0.25) is 0 Å². The van der Waals surface area contributed by atoms with Crippen molar-refractivity contribution in [2.75, 3.05) is 6.54 Å². The molecule has 0 unspecified atom stereocenters.